The molecule has 0 aromatic heterocycles. The van der Waals surface area contributed by atoms with Crippen LogP contribution in [0.15, 0.2) is 48.3 Å². The molecule has 2 heterocycles. The van der Waals surface area contributed by atoms with Gasteiger partial charge in [0.1, 0.15) is 0 Å². The zero-order valence-corrected chi connectivity index (χ0v) is 5.28. The van der Waals surface area contributed by atoms with E-state index in [9.17, 15) is 0 Å². The van der Waals surface area contributed by atoms with Crippen LogP contribution < -0.4 is 0 Å². The molecule has 2 heteroatoms. The number of ether oxygens (including phenoxy) is 2. The molecule has 0 fully saturated rings. The van der Waals surface area contributed by atoms with E-state index in [0.717, 1.165) is 11.5 Å². The molecule has 0 saturated carbocycles. The van der Waals surface area contributed by atoms with Crippen molar-refractivity contribution in [1.29, 1.82) is 0 Å². The lowest BCUT2D eigenvalue weighted by atomic mass is 10.3. The average molecular weight is 134 g/mol. The molecule has 0 aromatic rings. The minimum Gasteiger partial charge on any atom is -0.461 e. The zero-order valence-electron chi connectivity index (χ0n) is 5.28. The van der Waals surface area contributed by atoms with Crippen LogP contribution in [-0.4, -0.2) is 0 Å². The minimum atomic E-state index is 0.769. The van der Waals surface area contributed by atoms with Crippen LogP contribution in [0.4, 0.5) is 0 Å². The van der Waals surface area contributed by atoms with Crippen molar-refractivity contribution in [2.45, 2.75) is 0 Å². The maximum Gasteiger partial charge on any atom is 0.169 e. The Hall–Kier alpha value is -1.44. The van der Waals surface area contributed by atoms with Crippen LogP contribution in [0.25, 0.3) is 0 Å². The SMILES string of the molecule is C1=COC2=CC=COC2=C1. The highest BCUT2D eigenvalue weighted by molar-refractivity contribution is 5.33. The number of fused-ring (bicyclic) bond motifs is 1. The molecular weight excluding hydrogens is 128 g/mol. The first-order chi connectivity index (χ1) is 4.97. The van der Waals surface area contributed by atoms with Gasteiger partial charge < -0.3 is 9.47 Å². The second-order valence-corrected chi connectivity index (χ2v) is 1.95. The maximum atomic E-state index is 5.12. The normalized spacial score (nSPS) is 20.0. The Labute approximate surface area is 58.8 Å². The Morgan fingerprint density at radius 3 is 1.80 bits per heavy atom. The quantitative estimate of drug-likeness (QED) is 0.503. The number of hydrogen-bond acceptors (Lipinski definition) is 2. The fraction of sp³-hybridized carbons (Fsp3) is 0. The summed E-state index contributed by atoms with van der Waals surface area (Å²) in [4.78, 5) is 0. The molecule has 0 saturated heterocycles. The summed E-state index contributed by atoms with van der Waals surface area (Å²) in [6, 6.07) is 0. The fourth-order valence-electron chi connectivity index (χ4n) is 0.838. The van der Waals surface area contributed by atoms with Crippen LogP contribution >= 0.6 is 0 Å². The first-order valence-electron chi connectivity index (χ1n) is 3.04. The molecule has 2 aliphatic rings. The van der Waals surface area contributed by atoms with Crippen molar-refractivity contribution in [2.75, 3.05) is 0 Å². The summed E-state index contributed by atoms with van der Waals surface area (Å²) in [5, 5.41) is 0. The van der Waals surface area contributed by atoms with Crippen molar-refractivity contribution >= 4 is 0 Å². The van der Waals surface area contributed by atoms with Gasteiger partial charge in [0.25, 0.3) is 0 Å². The van der Waals surface area contributed by atoms with Crippen LogP contribution in [0.2, 0.25) is 0 Å². The summed E-state index contributed by atoms with van der Waals surface area (Å²) in [7, 11) is 0. The topological polar surface area (TPSA) is 18.5 Å². The van der Waals surface area contributed by atoms with Gasteiger partial charge in [-0.1, -0.05) is 0 Å². The van der Waals surface area contributed by atoms with Gasteiger partial charge in [-0.2, -0.15) is 0 Å². The average Bonchev–Trinajstić information content (AvgIpc) is 2.05. The lowest BCUT2D eigenvalue weighted by Gasteiger charge is -2.14. The third-order valence-electron chi connectivity index (χ3n) is 1.29. The maximum absolute atomic E-state index is 5.12. The van der Waals surface area contributed by atoms with Gasteiger partial charge in [-0.3, -0.25) is 0 Å². The summed E-state index contributed by atoms with van der Waals surface area (Å²) >= 11 is 0. The molecule has 0 aromatic carbocycles. The third kappa shape index (κ3) is 0.739. The van der Waals surface area contributed by atoms with Crippen molar-refractivity contribution in [1.82, 2.24) is 0 Å². The van der Waals surface area contributed by atoms with Gasteiger partial charge in [-0.05, 0) is 24.3 Å². The molecule has 2 nitrogen and oxygen atoms in total. The highest BCUT2D eigenvalue weighted by Gasteiger charge is 2.10. The number of hydrogen-bond donors (Lipinski definition) is 0. The number of allylic oxidation sites excluding steroid dienone is 4. The van der Waals surface area contributed by atoms with E-state index in [-0.39, 0.29) is 0 Å². The van der Waals surface area contributed by atoms with E-state index in [1.165, 1.54) is 0 Å². The van der Waals surface area contributed by atoms with Crippen LogP contribution in [0.5, 0.6) is 0 Å². The molecular formula is C8H6O2. The van der Waals surface area contributed by atoms with Crippen LogP contribution in [-0.2, 0) is 9.47 Å². The molecule has 2 aliphatic heterocycles. The Bertz CT molecular complexity index is 228. The standard InChI is InChI=1S/C8H6O2/c1-3-7-8(9-5-1)4-2-6-10-7/h1-6H. The zero-order chi connectivity index (χ0) is 6.81. The van der Waals surface area contributed by atoms with E-state index in [4.69, 9.17) is 9.47 Å². The van der Waals surface area contributed by atoms with Gasteiger partial charge >= 0.3 is 0 Å². The van der Waals surface area contributed by atoms with E-state index in [0.29, 0.717) is 0 Å². The Balaban J connectivity index is 2.38. The summed E-state index contributed by atoms with van der Waals surface area (Å²) in [6.07, 6.45) is 10.6. The van der Waals surface area contributed by atoms with Crippen LogP contribution in [0.3, 0.4) is 0 Å². The van der Waals surface area contributed by atoms with Gasteiger partial charge in [0, 0.05) is 0 Å². The molecule has 0 atom stereocenters. The van der Waals surface area contributed by atoms with Crippen molar-refractivity contribution in [3.8, 4) is 0 Å². The van der Waals surface area contributed by atoms with Crippen LogP contribution in [0.1, 0.15) is 0 Å². The van der Waals surface area contributed by atoms with Crippen molar-refractivity contribution in [3.63, 3.8) is 0 Å². The Morgan fingerprint density at radius 1 is 0.800 bits per heavy atom. The molecule has 10 heavy (non-hydrogen) atoms. The molecule has 0 unspecified atom stereocenters. The number of rotatable bonds is 0. The predicted octanol–water partition coefficient (Wildman–Crippen LogP) is 1.84. The van der Waals surface area contributed by atoms with Crippen molar-refractivity contribution in [2.24, 2.45) is 0 Å². The van der Waals surface area contributed by atoms with Gasteiger partial charge in [0.2, 0.25) is 0 Å². The molecule has 0 amide bonds. The smallest absolute Gasteiger partial charge is 0.169 e. The van der Waals surface area contributed by atoms with Crippen molar-refractivity contribution in [3.05, 3.63) is 48.3 Å². The largest absolute Gasteiger partial charge is 0.461 e. The highest BCUT2D eigenvalue weighted by Crippen LogP contribution is 2.20. The fourth-order valence-corrected chi connectivity index (χ4v) is 0.838. The first kappa shape index (κ1) is 5.35. The van der Waals surface area contributed by atoms with E-state index in [2.05, 4.69) is 0 Å². The summed E-state index contributed by atoms with van der Waals surface area (Å²) in [5.74, 6) is 1.54. The highest BCUT2D eigenvalue weighted by atomic mass is 16.5. The summed E-state index contributed by atoms with van der Waals surface area (Å²) in [5.41, 5.74) is 0. The summed E-state index contributed by atoms with van der Waals surface area (Å²) < 4.78 is 10.2. The van der Waals surface area contributed by atoms with E-state index in [1.54, 1.807) is 24.7 Å². The first-order valence-corrected chi connectivity index (χ1v) is 3.04. The summed E-state index contributed by atoms with van der Waals surface area (Å²) in [6.45, 7) is 0. The minimum absolute atomic E-state index is 0.769. The molecule has 0 spiro atoms. The molecule has 2 rings (SSSR count). The van der Waals surface area contributed by atoms with Crippen molar-refractivity contribution < 1.29 is 9.47 Å². The van der Waals surface area contributed by atoms with E-state index >= 15 is 0 Å². The Kier molecular flexibility index (Phi) is 1.10. The van der Waals surface area contributed by atoms with E-state index in [1.807, 2.05) is 12.2 Å². The van der Waals surface area contributed by atoms with E-state index < -0.39 is 0 Å². The molecule has 50 valence electrons. The molecule has 0 bridgehead atoms. The monoisotopic (exact) mass is 134 g/mol. The lowest BCUT2D eigenvalue weighted by Crippen LogP contribution is -1.99. The molecule has 0 aliphatic carbocycles. The van der Waals surface area contributed by atoms with Gasteiger partial charge in [0.15, 0.2) is 11.5 Å². The third-order valence-corrected chi connectivity index (χ3v) is 1.29. The van der Waals surface area contributed by atoms with Crippen LogP contribution in [0, 0.1) is 0 Å². The predicted molar refractivity (Wildman–Crippen MR) is 36.6 cm³/mol. The second kappa shape index (κ2) is 2.06. The lowest BCUT2D eigenvalue weighted by molar-refractivity contribution is 0.263. The molecule has 0 N–H and O–H groups in total. The van der Waals surface area contributed by atoms with Gasteiger partial charge in [-0.15, -0.1) is 0 Å². The second-order valence-electron chi connectivity index (χ2n) is 1.95. The van der Waals surface area contributed by atoms with Gasteiger partial charge in [0.05, 0.1) is 12.5 Å². The van der Waals surface area contributed by atoms with Gasteiger partial charge in [-0.25, -0.2) is 0 Å². The molecule has 0 radical (unpaired) electrons. The Morgan fingerprint density at radius 2 is 1.30 bits per heavy atom.